The number of hydrogen-bond donors (Lipinski definition) is 1. The van der Waals surface area contributed by atoms with Crippen LogP contribution in [0.15, 0.2) is 24.3 Å². The lowest BCUT2D eigenvalue weighted by molar-refractivity contribution is 0.591. The molecule has 0 aliphatic carbocycles. The Balaban J connectivity index is 2.62. The molecule has 1 heteroatoms. The van der Waals surface area contributed by atoms with E-state index in [2.05, 4.69) is 56.9 Å². The number of aromatic nitrogens is 1. The van der Waals surface area contributed by atoms with Gasteiger partial charge in [0.2, 0.25) is 0 Å². The van der Waals surface area contributed by atoms with Crippen LogP contribution in [0.2, 0.25) is 0 Å². The highest BCUT2D eigenvalue weighted by Crippen LogP contribution is 2.26. The van der Waals surface area contributed by atoms with Crippen LogP contribution in [0.1, 0.15) is 32.0 Å². The van der Waals surface area contributed by atoms with Gasteiger partial charge in [-0.25, -0.2) is 0 Å². The molecule has 0 saturated heterocycles. The van der Waals surface area contributed by atoms with E-state index in [0.29, 0.717) is 0 Å². The maximum absolute atomic E-state index is 3.34. The molecule has 0 spiro atoms. The molecule has 0 aliphatic rings. The molecule has 2 rings (SSSR count). The Morgan fingerprint density at radius 3 is 2.43 bits per heavy atom. The van der Waals surface area contributed by atoms with Gasteiger partial charge in [-0.05, 0) is 41.5 Å². The average molecular weight is 187 g/mol. The maximum Gasteiger partial charge on any atom is 0.0456 e. The quantitative estimate of drug-likeness (QED) is 0.646. The van der Waals surface area contributed by atoms with Crippen molar-refractivity contribution >= 4 is 10.9 Å². The zero-order valence-corrected chi connectivity index (χ0v) is 9.31. The van der Waals surface area contributed by atoms with Crippen molar-refractivity contribution in [2.24, 2.45) is 0 Å². The smallest absolute Gasteiger partial charge is 0.0456 e. The molecular weight excluding hydrogens is 170 g/mol. The molecule has 0 atom stereocenters. The zero-order chi connectivity index (χ0) is 10.3. The fourth-order valence-corrected chi connectivity index (χ4v) is 1.74. The highest BCUT2D eigenvalue weighted by Gasteiger charge is 2.13. The van der Waals surface area contributed by atoms with Gasteiger partial charge in [0.1, 0.15) is 0 Å². The first-order chi connectivity index (χ1) is 6.47. The van der Waals surface area contributed by atoms with Gasteiger partial charge in [0.25, 0.3) is 0 Å². The lowest BCUT2D eigenvalue weighted by atomic mass is 9.86. The van der Waals surface area contributed by atoms with E-state index in [0.717, 1.165) is 0 Å². The Bertz CT molecular complexity index is 458. The summed E-state index contributed by atoms with van der Waals surface area (Å²) in [5.74, 6) is 0. The van der Waals surface area contributed by atoms with Gasteiger partial charge in [0, 0.05) is 11.2 Å². The van der Waals surface area contributed by atoms with Crippen molar-refractivity contribution in [3.05, 3.63) is 35.5 Å². The van der Waals surface area contributed by atoms with Gasteiger partial charge in [-0.2, -0.15) is 0 Å². The summed E-state index contributed by atoms with van der Waals surface area (Å²) in [7, 11) is 0. The molecule has 1 nitrogen and oxygen atoms in total. The normalized spacial score (nSPS) is 12.3. The van der Waals surface area contributed by atoms with Crippen LogP contribution < -0.4 is 0 Å². The molecule has 14 heavy (non-hydrogen) atoms. The third-order valence-electron chi connectivity index (χ3n) is 2.62. The van der Waals surface area contributed by atoms with Crippen LogP contribution in [-0.4, -0.2) is 4.98 Å². The summed E-state index contributed by atoms with van der Waals surface area (Å²) in [5, 5.41) is 1.31. The predicted octanol–water partition coefficient (Wildman–Crippen LogP) is 3.77. The molecule has 0 saturated carbocycles. The third kappa shape index (κ3) is 1.54. The molecule has 0 unspecified atom stereocenters. The minimum atomic E-state index is 0.235. The predicted molar refractivity (Wildman–Crippen MR) is 61.7 cm³/mol. The van der Waals surface area contributed by atoms with Crippen LogP contribution in [0.25, 0.3) is 10.9 Å². The monoisotopic (exact) mass is 187 g/mol. The van der Waals surface area contributed by atoms with Gasteiger partial charge in [0.15, 0.2) is 0 Å². The van der Waals surface area contributed by atoms with E-state index in [-0.39, 0.29) is 5.41 Å². The molecule has 74 valence electrons. The average Bonchev–Trinajstić information content (AvgIpc) is 2.41. The summed E-state index contributed by atoms with van der Waals surface area (Å²) < 4.78 is 0. The van der Waals surface area contributed by atoms with Crippen LogP contribution in [0, 0.1) is 6.92 Å². The second-order valence-electron chi connectivity index (χ2n) is 5.00. The number of H-pyrrole nitrogens is 1. The Labute approximate surface area is 85.1 Å². The number of aromatic amines is 1. The number of fused-ring (bicyclic) bond motifs is 1. The minimum absolute atomic E-state index is 0.235. The SMILES string of the molecule is Cc1cc2cc(C(C)(C)C)ccc2[nH]1. The molecule has 0 bridgehead atoms. The Hall–Kier alpha value is -1.24. The fraction of sp³-hybridized carbons (Fsp3) is 0.385. The van der Waals surface area contributed by atoms with Crippen molar-refractivity contribution in [3.63, 3.8) is 0 Å². The standard InChI is InChI=1S/C13H17N/c1-9-7-10-8-11(13(2,3)4)5-6-12(10)14-9/h5-8,14H,1-4H3. The first kappa shape index (κ1) is 9.32. The Kier molecular flexibility index (Phi) is 1.91. The van der Waals surface area contributed by atoms with Crippen LogP contribution in [-0.2, 0) is 5.41 Å². The molecule has 1 N–H and O–H groups in total. The van der Waals surface area contributed by atoms with Gasteiger partial charge in [-0.3, -0.25) is 0 Å². The van der Waals surface area contributed by atoms with Crippen molar-refractivity contribution < 1.29 is 0 Å². The first-order valence-corrected chi connectivity index (χ1v) is 5.07. The summed E-state index contributed by atoms with van der Waals surface area (Å²) >= 11 is 0. The van der Waals surface area contributed by atoms with Crippen LogP contribution >= 0.6 is 0 Å². The van der Waals surface area contributed by atoms with E-state index in [9.17, 15) is 0 Å². The van der Waals surface area contributed by atoms with Crippen LogP contribution in [0.4, 0.5) is 0 Å². The topological polar surface area (TPSA) is 15.8 Å². The van der Waals surface area contributed by atoms with Gasteiger partial charge >= 0.3 is 0 Å². The Morgan fingerprint density at radius 1 is 1.07 bits per heavy atom. The maximum atomic E-state index is 3.34. The minimum Gasteiger partial charge on any atom is -0.359 e. The molecule has 2 aromatic rings. The van der Waals surface area contributed by atoms with Gasteiger partial charge < -0.3 is 4.98 Å². The lowest BCUT2D eigenvalue weighted by Crippen LogP contribution is -2.10. The van der Waals surface area contributed by atoms with Crippen molar-refractivity contribution in [1.29, 1.82) is 0 Å². The summed E-state index contributed by atoms with van der Waals surface area (Å²) in [6.45, 7) is 8.83. The number of rotatable bonds is 0. The van der Waals surface area contributed by atoms with Gasteiger partial charge in [-0.1, -0.05) is 26.8 Å². The highest BCUT2D eigenvalue weighted by molar-refractivity contribution is 5.81. The molecule has 1 heterocycles. The summed E-state index contributed by atoms with van der Waals surface area (Å²) in [6, 6.07) is 8.85. The van der Waals surface area contributed by atoms with E-state index in [1.165, 1.54) is 22.2 Å². The number of nitrogens with one attached hydrogen (secondary N) is 1. The number of hydrogen-bond acceptors (Lipinski definition) is 0. The number of aryl methyl sites for hydroxylation is 1. The van der Waals surface area contributed by atoms with Crippen LogP contribution in [0.5, 0.6) is 0 Å². The third-order valence-corrected chi connectivity index (χ3v) is 2.62. The van der Waals surface area contributed by atoms with Gasteiger partial charge in [-0.15, -0.1) is 0 Å². The lowest BCUT2D eigenvalue weighted by Gasteiger charge is -2.18. The molecule has 1 aromatic heterocycles. The summed E-state index contributed by atoms with van der Waals surface area (Å²) in [4.78, 5) is 3.34. The molecule has 0 radical (unpaired) electrons. The highest BCUT2D eigenvalue weighted by atomic mass is 14.7. The van der Waals surface area contributed by atoms with Crippen molar-refractivity contribution in [2.75, 3.05) is 0 Å². The van der Waals surface area contributed by atoms with E-state index in [1.807, 2.05) is 0 Å². The van der Waals surface area contributed by atoms with Crippen molar-refractivity contribution in [2.45, 2.75) is 33.1 Å². The zero-order valence-electron chi connectivity index (χ0n) is 9.31. The van der Waals surface area contributed by atoms with E-state index < -0.39 is 0 Å². The van der Waals surface area contributed by atoms with E-state index >= 15 is 0 Å². The summed E-state index contributed by atoms with van der Waals surface area (Å²) in [6.07, 6.45) is 0. The second-order valence-corrected chi connectivity index (χ2v) is 5.00. The molecule has 0 fully saturated rings. The second kappa shape index (κ2) is 2.88. The van der Waals surface area contributed by atoms with Crippen LogP contribution in [0.3, 0.4) is 0 Å². The Morgan fingerprint density at radius 2 is 1.79 bits per heavy atom. The first-order valence-electron chi connectivity index (χ1n) is 5.07. The molecule has 0 amide bonds. The molecule has 0 aliphatic heterocycles. The number of benzene rings is 1. The van der Waals surface area contributed by atoms with E-state index in [4.69, 9.17) is 0 Å². The fourth-order valence-electron chi connectivity index (χ4n) is 1.74. The van der Waals surface area contributed by atoms with Gasteiger partial charge in [0.05, 0.1) is 0 Å². The van der Waals surface area contributed by atoms with Crippen molar-refractivity contribution in [1.82, 2.24) is 4.98 Å². The summed E-state index contributed by atoms with van der Waals surface area (Å²) in [5.41, 5.74) is 4.09. The molecule has 1 aromatic carbocycles. The largest absolute Gasteiger partial charge is 0.359 e. The van der Waals surface area contributed by atoms with E-state index in [1.54, 1.807) is 0 Å². The molecular formula is C13H17N. The van der Waals surface area contributed by atoms with Crippen molar-refractivity contribution in [3.8, 4) is 0 Å².